The highest BCUT2D eigenvalue weighted by Crippen LogP contribution is 2.60. The van der Waals surface area contributed by atoms with Crippen LogP contribution in [0.25, 0.3) is 38.9 Å². The molecule has 0 saturated carbocycles. The van der Waals surface area contributed by atoms with Crippen molar-refractivity contribution in [1.29, 1.82) is 0 Å². The molecule has 6 rings (SSSR count). The van der Waals surface area contributed by atoms with Crippen molar-refractivity contribution in [3.05, 3.63) is 95.6 Å². The first-order valence-electron chi connectivity index (χ1n) is 11.3. The fourth-order valence-electron chi connectivity index (χ4n) is 6.02. The molecule has 0 spiro atoms. The minimum absolute atomic E-state index is 0.0764. The first kappa shape index (κ1) is 19.8. The zero-order valence-electron chi connectivity index (χ0n) is 18.7. The first-order chi connectivity index (χ1) is 16.0. The monoisotopic (exact) mass is 429 g/mol. The molecule has 0 amide bonds. The minimum atomic E-state index is -0.709. The number of ketones is 2. The van der Waals surface area contributed by atoms with Crippen molar-refractivity contribution >= 4 is 28.0 Å². The molecule has 1 heterocycles. The van der Waals surface area contributed by atoms with Gasteiger partial charge in [-0.3, -0.25) is 9.59 Å². The maximum Gasteiger partial charge on any atom is 0.160 e. The number of hydrogen-bond acceptors (Lipinski definition) is 3. The van der Waals surface area contributed by atoms with Crippen molar-refractivity contribution in [2.45, 2.75) is 32.1 Å². The molecule has 2 aliphatic carbocycles. The number of fused-ring (bicyclic) bond motifs is 7. The van der Waals surface area contributed by atoms with E-state index in [-0.39, 0.29) is 18.0 Å². The van der Waals surface area contributed by atoms with Crippen LogP contribution in [-0.4, -0.2) is 16.6 Å². The molecule has 3 heteroatoms. The van der Waals surface area contributed by atoms with Gasteiger partial charge in [0.1, 0.15) is 5.78 Å². The number of pyridine rings is 1. The highest BCUT2D eigenvalue weighted by molar-refractivity contribution is 6.17. The third kappa shape index (κ3) is 2.72. The van der Waals surface area contributed by atoms with Crippen molar-refractivity contribution in [2.24, 2.45) is 0 Å². The number of carbonyl (C=O) groups is 2. The number of rotatable bonds is 3. The number of Topliss-reactive ketones (excluding diaryl/α,β-unsaturated/α-hetero) is 2. The van der Waals surface area contributed by atoms with E-state index in [0.717, 1.165) is 55.6 Å². The van der Waals surface area contributed by atoms with Crippen LogP contribution in [-0.2, 0) is 15.0 Å². The van der Waals surface area contributed by atoms with Gasteiger partial charge in [-0.2, -0.15) is 0 Å². The van der Waals surface area contributed by atoms with E-state index in [4.69, 9.17) is 4.98 Å². The lowest BCUT2D eigenvalue weighted by Crippen LogP contribution is -2.33. The molecule has 2 aliphatic rings. The van der Waals surface area contributed by atoms with Crippen LogP contribution in [0.4, 0.5) is 0 Å². The van der Waals surface area contributed by atoms with Crippen molar-refractivity contribution in [3.8, 4) is 22.4 Å². The standard InChI is InChI=1S/C30H23NO2/c1-18(32)16-30-17-25(33)19(2)27(30)21-12-6-7-13-22(21)29-28(30)26(20-10-4-3-5-11-20)23-14-8-9-15-24(23)31-29/h3-15H,16-17H2,1-2H3. The third-order valence-electron chi connectivity index (χ3n) is 7.17. The molecule has 3 aromatic carbocycles. The third-order valence-corrected chi connectivity index (χ3v) is 7.17. The van der Waals surface area contributed by atoms with Gasteiger partial charge in [-0.15, -0.1) is 0 Å². The van der Waals surface area contributed by atoms with Crippen molar-refractivity contribution in [3.63, 3.8) is 0 Å². The highest BCUT2D eigenvalue weighted by Gasteiger charge is 2.52. The van der Waals surface area contributed by atoms with Crippen LogP contribution in [0.2, 0.25) is 0 Å². The molecule has 33 heavy (non-hydrogen) atoms. The van der Waals surface area contributed by atoms with E-state index in [1.807, 2.05) is 55.5 Å². The van der Waals surface area contributed by atoms with E-state index in [9.17, 15) is 9.59 Å². The van der Waals surface area contributed by atoms with Gasteiger partial charge in [-0.1, -0.05) is 72.8 Å². The zero-order valence-corrected chi connectivity index (χ0v) is 18.7. The summed E-state index contributed by atoms with van der Waals surface area (Å²) in [6.45, 7) is 3.54. The van der Waals surface area contributed by atoms with Crippen molar-refractivity contribution < 1.29 is 9.59 Å². The summed E-state index contributed by atoms with van der Waals surface area (Å²) in [6, 6.07) is 26.7. The Morgan fingerprint density at radius 3 is 2.33 bits per heavy atom. The van der Waals surface area contributed by atoms with Gasteiger partial charge in [0.2, 0.25) is 0 Å². The van der Waals surface area contributed by atoms with Crippen LogP contribution in [0.3, 0.4) is 0 Å². The van der Waals surface area contributed by atoms with Gasteiger partial charge in [0.15, 0.2) is 5.78 Å². The second-order valence-electron chi connectivity index (χ2n) is 9.20. The SMILES string of the molecule is CC(=O)CC12CC(=O)C(C)=C1c1ccccc1-c1nc3ccccc3c(-c3ccccc3)c12. The first-order valence-corrected chi connectivity index (χ1v) is 11.3. The largest absolute Gasteiger partial charge is 0.300 e. The summed E-state index contributed by atoms with van der Waals surface area (Å²) in [5, 5.41) is 1.04. The zero-order chi connectivity index (χ0) is 22.7. The van der Waals surface area contributed by atoms with E-state index in [0.29, 0.717) is 6.42 Å². The van der Waals surface area contributed by atoms with Gasteiger partial charge in [0.05, 0.1) is 11.2 Å². The molecule has 1 aromatic heterocycles. The highest BCUT2D eigenvalue weighted by atomic mass is 16.1. The molecule has 0 fully saturated rings. The summed E-state index contributed by atoms with van der Waals surface area (Å²) < 4.78 is 0. The normalized spacial score (nSPS) is 18.8. The number of benzene rings is 3. The molecular weight excluding hydrogens is 406 g/mol. The molecule has 1 atom stereocenters. The van der Waals surface area contributed by atoms with Gasteiger partial charge in [-0.05, 0) is 53.3 Å². The molecule has 1 unspecified atom stereocenters. The summed E-state index contributed by atoms with van der Waals surface area (Å²) >= 11 is 0. The van der Waals surface area contributed by atoms with Gasteiger partial charge < -0.3 is 0 Å². The predicted octanol–water partition coefficient (Wildman–Crippen LogP) is 6.55. The molecule has 0 N–H and O–H groups in total. The number of carbonyl (C=O) groups excluding carboxylic acids is 2. The number of hydrogen-bond donors (Lipinski definition) is 0. The molecule has 0 saturated heterocycles. The van der Waals surface area contributed by atoms with Gasteiger partial charge in [0, 0.05) is 29.2 Å². The Balaban J connectivity index is 1.87. The lowest BCUT2D eigenvalue weighted by molar-refractivity contribution is -0.118. The number of allylic oxidation sites excluding steroid dienone is 2. The summed E-state index contributed by atoms with van der Waals surface area (Å²) in [5.74, 6) is 0.188. The topological polar surface area (TPSA) is 47.0 Å². The molecule has 3 nitrogen and oxygen atoms in total. The van der Waals surface area contributed by atoms with Crippen molar-refractivity contribution in [1.82, 2.24) is 4.98 Å². The number of nitrogens with zero attached hydrogens (tertiary/aromatic N) is 1. The quantitative estimate of drug-likeness (QED) is 0.371. The van der Waals surface area contributed by atoms with E-state index >= 15 is 0 Å². The average Bonchev–Trinajstić information content (AvgIpc) is 3.08. The molecular formula is C30H23NO2. The Morgan fingerprint density at radius 1 is 0.909 bits per heavy atom. The number of aromatic nitrogens is 1. The summed E-state index contributed by atoms with van der Waals surface area (Å²) in [5.41, 5.74) is 8.07. The fourth-order valence-corrected chi connectivity index (χ4v) is 6.02. The maximum absolute atomic E-state index is 13.3. The molecule has 4 aromatic rings. The Kier molecular flexibility index (Phi) is 4.25. The Morgan fingerprint density at radius 2 is 1.58 bits per heavy atom. The second-order valence-corrected chi connectivity index (χ2v) is 9.20. The predicted molar refractivity (Wildman–Crippen MR) is 132 cm³/mol. The lowest BCUT2D eigenvalue weighted by atomic mass is 9.62. The van der Waals surface area contributed by atoms with E-state index in [1.165, 1.54) is 0 Å². The van der Waals surface area contributed by atoms with Crippen LogP contribution in [0.1, 0.15) is 37.8 Å². The summed E-state index contributed by atoms with van der Waals surface area (Å²) in [7, 11) is 0. The van der Waals surface area contributed by atoms with E-state index in [1.54, 1.807) is 6.92 Å². The van der Waals surface area contributed by atoms with Crippen LogP contribution >= 0.6 is 0 Å². The number of para-hydroxylation sites is 1. The molecule has 0 aliphatic heterocycles. The Hall–Kier alpha value is -3.85. The lowest BCUT2D eigenvalue weighted by Gasteiger charge is -2.40. The minimum Gasteiger partial charge on any atom is -0.300 e. The Bertz CT molecular complexity index is 1510. The van der Waals surface area contributed by atoms with E-state index < -0.39 is 5.41 Å². The van der Waals surface area contributed by atoms with Gasteiger partial charge in [-0.25, -0.2) is 4.98 Å². The second kappa shape index (κ2) is 7.08. The van der Waals surface area contributed by atoms with Crippen LogP contribution < -0.4 is 0 Å². The van der Waals surface area contributed by atoms with Gasteiger partial charge >= 0.3 is 0 Å². The van der Waals surface area contributed by atoms with Crippen molar-refractivity contribution in [2.75, 3.05) is 0 Å². The molecule has 0 bridgehead atoms. The van der Waals surface area contributed by atoms with Crippen LogP contribution in [0, 0.1) is 0 Å². The Labute approximate surface area is 192 Å². The molecule has 160 valence electrons. The summed E-state index contributed by atoms with van der Waals surface area (Å²) in [6.07, 6.45) is 0.585. The van der Waals surface area contributed by atoms with Crippen LogP contribution in [0.5, 0.6) is 0 Å². The van der Waals surface area contributed by atoms with E-state index in [2.05, 4.69) is 30.3 Å². The maximum atomic E-state index is 13.3. The summed E-state index contributed by atoms with van der Waals surface area (Å²) in [4.78, 5) is 31.2. The molecule has 0 radical (unpaired) electrons. The van der Waals surface area contributed by atoms with Crippen LogP contribution in [0.15, 0.2) is 84.4 Å². The average molecular weight is 430 g/mol. The smallest absolute Gasteiger partial charge is 0.160 e. The fraction of sp³-hybridized carbons (Fsp3) is 0.167. The van der Waals surface area contributed by atoms with Gasteiger partial charge in [0.25, 0.3) is 0 Å².